The highest BCUT2D eigenvalue weighted by Crippen LogP contribution is 2.43. The van der Waals surface area contributed by atoms with E-state index in [9.17, 15) is 29.3 Å². The summed E-state index contributed by atoms with van der Waals surface area (Å²) in [5.41, 5.74) is 0. The lowest BCUT2D eigenvalue weighted by atomic mass is 10.0. The summed E-state index contributed by atoms with van der Waals surface area (Å²) in [7, 11) is -4.64. The fourth-order valence-corrected chi connectivity index (χ4v) is 6.75. The summed E-state index contributed by atoms with van der Waals surface area (Å²) < 4.78 is 32.7. The number of hydrogen-bond acceptors (Lipinski definition) is 10. The first-order chi connectivity index (χ1) is 28.0. The number of esters is 2. The van der Waals surface area contributed by atoms with Crippen LogP contribution in [0.25, 0.3) is 0 Å². The number of aliphatic hydroxyl groups excluding tert-OH is 3. The fraction of sp³-hybridized carbons (Fsp3) is 0.783. The van der Waals surface area contributed by atoms with Crippen molar-refractivity contribution in [3.05, 3.63) is 48.6 Å². The molecule has 0 amide bonds. The zero-order valence-electron chi connectivity index (χ0n) is 36.5. The van der Waals surface area contributed by atoms with Crippen LogP contribution in [0, 0.1) is 5.92 Å². The quantitative estimate of drug-likeness (QED) is 0.0152. The Bertz CT molecular complexity index is 1140. The minimum Gasteiger partial charge on any atom is -0.462 e. The SMILES string of the molecule is CCCCC/C=C\C[C@@H](O)/C=C/C=C\C/C=C\CCCC(=O)OC[C@H](COP(=O)(O)OC[C@@H](O)CO)OC(=O)CCCCCCCCCCCCCCCCC(C)C. The Balaban J connectivity index is 4.41. The molecule has 0 saturated carbocycles. The maximum Gasteiger partial charge on any atom is 0.472 e. The second kappa shape index (κ2) is 40.3. The third-order valence-corrected chi connectivity index (χ3v) is 10.4. The molecule has 0 bridgehead atoms. The summed E-state index contributed by atoms with van der Waals surface area (Å²) in [6.07, 6.45) is 38.3. The first-order valence-corrected chi connectivity index (χ1v) is 24.1. The Morgan fingerprint density at radius 3 is 1.83 bits per heavy atom. The monoisotopic (exact) mass is 843 g/mol. The maximum atomic E-state index is 12.6. The molecule has 0 aromatic rings. The molecule has 4 N–H and O–H groups in total. The van der Waals surface area contributed by atoms with Crippen LogP contribution >= 0.6 is 7.82 Å². The second-order valence-electron chi connectivity index (χ2n) is 15.8. The Hall–Kier alpha value is -2.11. The van der Waals surface area contributed by atoms with Gasteiger partial charge >= 0.3 is 19.8 Å². The molecule has 0 saturated heterocycles. The van der Waals surface area contributed by atoms with Crippen LogP contribution in [-0.2, 0) is 32.7 Å². The average molecular weight is 843 g/mol. The summed E-state index contributed by atoms with van der Waals surface area (Å²) in [5, 5.41) is 28.4. The highest BCUT2D eigenvalue weighted by atomic mass is 31.2. The van der Waals surface area contributed by atoms with Crippen LogP contribution in [0.15, 0.2) is 48.6 Å². The van der Waals surface area contributed by atoms with Crippen molar-refractivity contribution < 1.29 is 52.9 Å². The number of hydrogen-bond donors (Lipinski definition) is 4. The third kappa shape index (κ3) is 40.7. The van der Waals surface area contributed by atoms with Gasteiger partial charge in [-0.1, -0.05) is 172 Å². The van der Waals surface area contributed by atoms with Gasteiger partial charge in [0.15, 0.2) is 6.10 Å². The molecule has 0 aromatic carbocycles. The van der Waals surface area contributed by atoms with Crippen molar-refractivity contribution in [1.82, 2.24) is 0 Å². The van der Waals surface area contributed by atoms with Gasteiger partial charge in [-0.25, -0.2) is 4.57 Å². The highest BCUT2D eigenvalue weighted by molar-refractivity contribution is 7.47. The van der Waals surface area contributed by atoms with Crippen LogP contribution in [0.4, 0.5) is 0 Å². The van der Waals surface area contributed by atoms with Crippen molar-refractivity contribution >= 4 is 19.8 Å². The van der Waals surface area contributed by atoms with Crippen LogP contribution in [0.5, 0.6) is 0 Å². The predicted molar refractivity (Wildman–Crippen MR) is 234 cm³/mol. The fourth-order valence-electron chi connectivity index (χ4n) is 5.96. The number of aliphatic hydroxyl groups is 3. The Labute approximate surface area is 352 Å². The van der Waals surface area contributed by atoms with E-state index in [1.54, 1.807) is 6.08 Å². The van der Waals surface area contributed by atoms with E-state index in [1.165, 1.54) is 89.9 Å². The van der Waals surface area contributed by atoms with Crippen LogP contribution in [-0.4, -0.2) is 76.9 Å². The molecule has 12 heteroatoms. The number of ether oxygens (including phenoxy) is 2. The van der Waals surface area contributed by atoms with Crippen molar-refractivity contribution in [2.24, 2.45) is 5.92 Å². The van der Waals surface area contributed by atoms with Gasteiger partial charge in [0, 0.05) is 12.8 Å². The largest absolute Gasteiger partial charge is 0.472 e. The van der Waals surface area contributed by atoms with E-state index in [-0.39, 0.29) is 19.4 Å². The molecule has 0 aliphatic heterocycles. The van der Waals surface area contributed by atoms with Crippen molar-refractivity contribution in [1.29, 1.82) is 0 Å². The molecule has 0 fully saturated rings. The van der Waals surface area contributed by atoms with Gasteiger partial charge in [0.05, 0.1) is 25.9 Å². The molecule has 0 radical (unpaired) electrons. The van der Waals surface area contributed by atoms with Gasteiger partial charge in [0.2, 0.25) is 0 Å². The van der Waals surface area contributed by atoms with Gasteiger partial charge in [-0.3, -0.25) is 18.6 Å². The minimum absolute atomic E-state index is 0.134. The number of rotatable bonds is 41. The van der Waals surface area contributed by atoms with E-state index in [2.05, 4.69) is 31.4 Å². The van der Waals surface area contributed by atoms with E-state index >= 15 is 0 Å². The number of phosphoric acid groups is 1. The third-order valence-electron chi connectivity index (χ3n) is 9.49. The summed E-state index contributed by atoms with van der Waals surface area (Å²) in [6.45, 7) is 4.54. The predicted octanol–water partition coefficient (Wildman–Crippen LogP) is 10.9. The van der Waals surface area contributed by atoms with E-state index in [0.717, 1.165) is 31.6 Å². The molecule has 58 heavy (non-hydrogen) atoms. The molecule has 0 rings (SSSR count). The van der Waals surface area contributed by atoms with Gasteiger partial charge < -0.3 is 29.7 Å². The first-order valence-electron chi connectivity index (χ1n) is 22.6. The standard InChI is InChI=1S/C46H83O11P/c1-4-5-6-7-23-28-33-42(48)34-29-24-19-16-17-20-25-30-35-45(50)54-39-44(40-56-58(52,53)55-38-43(49)37-47)57-46(51)36-31-26-21-15-13-11-9-8-10-12-14-18-22-27-32-41(2)3/h17,19-20,23-24,28-29,34,41-44,47-49H,4-16,18,21-22,25-27,30-33,35-40H2,1-3H3,(H,52,53)/b20-17-,24-19-,28-23-,34-29+/t42-,43+,44-/m1/s1. The van der Waals surface area contributed by atoms with Gasteiger partial charge in [0.1, 0.15) is 12.7 Å². The van der Waals surface area contributed by atoms with Crippen LogP contribution in [0.1, 0.15) is 181 Å². The normalized spacial score (nSPS) is 14.9. The lowest BCUT2D eigenvalue weighted by molar-refractivity contribution is -0.161. The number of carbonyl (C=O) groups is 2. The molecule has 11 nitrogen and oxygen atoms in total. The number of unbranched alkanes of at least 4 members (excludes halogenated alkanes) is 17. The van der Waals surface area contributed by atoms with E-state index in [0.29, 0.717) is 32.1 Å². The van der Waals surface area contributed by atoms with Gasteiger partial charge in [0.25, 0.3) is 0 Å². The number of allylic oxidation sites excluding steroid dienone is 6. The molecule has 0 aromatic heterocycles. The molecule has 4 atom stereocenters. The first kappa shape index (κ1) is 55.9. The zero-order valence-corrected chi connectivity index (χ0v) is 37.4. The van der Waals surface area contributed by atoms with Crippen molar-refractivity contribution in [2.45, 2.75) is 200 Å². The molecule has 0 heterocycles. The molecule has 338 valence electrons. The maximum absolute atomic E-state index is 12.6. The van der Waals surface area contributed by atoms with E-state index in [1.807, 2.05) is 36.5 Å². The molecule has 0 aliphatic rings. The molecular formula is C46H83O11P. The number of phosphoric ester groups is 1. The van der Waals surface area contributed by atoms with Gasteiger partial charge in [-0.05, 0) is 50.9 Å². The van der Waals surface area contributed by atoms with E-state index < -0.39 is 57.9 Å². The smallest absolute Gasteiger partial charge is 0.462 e. The van der Waals surface area contributed by atoms with Crippen molar-refractivity contribution in [3.8, 4) is 0 Å². The van der Waals surface area contributed by atoms with Crippen LogP contribution < -0.4 is 0 Å². The second-order valence-corrected chi connectivity index (χ2v) is 17.2. The molecular weight excluding hydrogens is 759 g/mol. The highest BCUT2D eigenvalue weighted by Gasteiger charge is 2.27. The van der Waals surface area contributed by atoms with Gasteiger partial charge in [-0.2, -0.15) is 0 Å². The minimum atomic E-state index is -4.64. The van der Waals surface area contributed by atoms with Crippen molar-refractivity contribution in [2.75, 3.05) is 26.4 Å². The van der Waals surface area contributed by atoms with Crippen LogP contribution in [0.3, 0.4) is 0 Å². The Morgan fingerprint density at radius 1 is 0.638 bits per heavy atom. The summed E-state index contributed by atoms with van der Waals surface area (Å²) in [5.74, 6) is -0.212. The molecule has 0 aliphatic carbocycles. The molecule has 1 unspecified atom stereocenters. The van der Waals surface area contributed by atoms with E-state index in [4.69, 9.17) is 19.1 Å². The average Bonchev–Trinajstić information content (AvgIpc) is 3.19. The summed E-state index contributed by atoms with van der Waals surface area (Å²) in [4.78, 5) is 35.0. The summed E-state index contributed by atoms with van der Waals surface area (Å²) >= 11 is 0. The Kier molecular flexibility index (Phi) is 38.8. The summed E-state index contributed by atoms with van der Waals surface area (Å²) in [6, 6.07) is 0. The topological polar surface area (TPSA) is 169 Å². The zero-order chi connectivity index (χ0) is 43.0. The lowest BCUT2D eigenvalue weighted by Crippen LogP contribution is -2.29. The van der Waals surface area contributed by atoms with Crippen LogP contribution in [0.2, 0.25) is 0 Å². The van der Waals surface area contributed by atoms with Gasteiger partial charge in [-0.15, -0.1) is 0 Å². The van der Waals surface area contributed by atoms with Crippen molar-refractivity contribution in [3.63, 3.8) is 0 Å². The Morgan fingerprint density at radius 2 is 1.21 bits per heavy atom. The molecule has 0 spiro atoms. The lowest BCUT2D eigenvalue weighted by Gasteiger charge is -2.20. The number of carbonyl (C=O) groups excluding carboxylic acids is 2.